The zero-order valence-electron chi connectivity index (χ0n) is 13.3. The van der Waals surface area contributed by atoms with E-state index in [2.05, 4.69) is 27.5 Å². The number of anilines is 1. The van der Waals surface area contributed by atoms with Crippen LogP contribution in [0.3, 0.4) is 0 Å². The van der Waals surface area contributed by atoms with Crippen LogP contribution < -0.4 is 10.6 Å². The molecular weight excluding hydrogens is 299 g/mol. The van der Waals surface area contributed by atoms with Crippen molar-refractivity contribution in [1.29, 1.82) is 0 Å². The van der Waals surface area contributed by atoms with Crippen LogP contribution in [-0.4, -0.2) is 32.8 Å². The minimum atomic E-state index is -1.01. The van der Waals surface area contributed by atoms with Crippen molar-refractivity contribution in [2.75, 3.05) is 12.0 Å². The molecule has 2 aromatic heterocycles. The summed E-state index contributed by atoms with van der Waals surface area (Å²) in [6.45, 7) is 3.42. The van der Waals surface area contributed by atoms with Crippen LogP contribution in [0.5, 0.6) is 0 Å². The summed E-state index contributed by atoms with van der Waals surface area (Å²) in [7, 11) is 0. The van der Waals surface area contributed by atoms with Crippen LogP contribution in [0, 0.1) is 6.92 Å². The van der Waals surface area contributed by atoms with Gasteiger partial charge in [-0.2, -0.15) is 0 Å². The van der Waals surface area contributed by atoms with Gasteiger partial charge in [0.05, 0.1) is 5.39 Å². The molecule has 3 N–H and O–H groups in total. The van der Waals surface area contributed by atoms with Gasteiger partial charge in [-0.1, -0.05) is 0 Å². The molecule has 2 aliphatic carbocycles. The van der Waals surface area contributed by atoms with Gasteiger partial charge in [-0.25, -0.2) is 14.4 Å². The van der Waals surface area contributed by atoms with Crippen molar-refractivity contribution >= 4 is 16.9 Å². The Morgan fingerprint density at radius 3 is 2.70 bits per heavy atom. The van der Waals surface area contributed by atoms with Crippen molar-refractivity contribution in [2.24, 2.45) is 0 Å². The molecule has 0 aromatic carbocycles. The summed E-state index contributed by atoms with van der Waals surface area (Å²) in [5.41, 5.74) is 0.470. The molecule has 7 heteroatoms. The molecule has 0 amide bonds. The average molecular weight is 320 g/mol. The third kappa shape index (κ3) is 2.57. The van der Waals surface area contributed by atoms with Crippen LogP contribution >= 0.6 is 0 Å². The molecule has 0 aliphatic heterocycles. The lowest BCUT2D eigenvalue weighted by molar-refractivity contribution is 0.110. The lowest BCUT2D eigenvalue weighted by Gasteiger charge is -2.20. The summed E-state index contributed by atoms with van der Waals surface area (Å²) in [5.74, 6) is 1.23. The largest absolute Gasteiger partial charge is 0.442 e. The van der Waals surface area contributed by atoms with Crippen LogP contribution in [0.2, 0.25) is 0 Å². The zero-order chi connectivity index (χ0) is 16.2. The first-order valence-electron chi connectivity index (χ1n) is 7.99. The Bertz CT molecular complexity index is 752. The third-order valence-corrected chi connectivity index (χ3v) is 4.96. The zero-order valence-corrected chi connectivity index (χ0v) is 13.3. The minimum Gasteiger partial charge on any atom is -0.442 e. The second kappa shape index (κ2) is 4.88. The molecule has 0 bridgehead atoms. The van der Waals surface area contributed by atoms with Crippen LogP contribution in [0.4, 0.5) is 10.2 Å². The van der Waals surface area contributed by atoms with Crippen LogP contribution in [-0.2, 0) is 0 Å². The standard InChI is InChI=1S/C16H21FN4O2/c1-9-10(13(22)21-16(7-17)5-6-16)11-12(20-15(2)3-4-15)18-8-19-14(11)23-9/h8,13,21-22H,3-7H2,1-2H3,(H,18,19,20). The van der Waals surface area contributed by atoms with E-state index in [1.807, 2.05) is 0 Å². The van der Waals surface area contributed by atoms with Crippen molar-refractivity contribution in [2.45, 2.75) is 56.8 Å². The van der Waals surface area contributed by atoms with Gasteiger partial charge in [0.1, 0.15) is 30.8 Å². The van der Waals surface area contributed by atoms with Gasteiger partial charge < -0.3 is 14.8 Å². The number of furan rings is 1. The number of rotatable bonds is 6. The van der Waals surface area contributed by atoms with Crippen molar-refractivity contribution < 1.29 is 13.9 Å². The maximum absolute atomic E-state index is 13.1. The lowest BCUT2D eigenvalue weighted by atomic mass is 10.1. The molecule has 2 heterocycles. The second-order valence-corrected chi connectivity index (χ2v) is 7.12. The first kappa shape index (κ1) is 14.8. The number of fused-ring (bicyclic) bond motifs is 1. The predicted octanol–water partition coefficient (Wildman–Crippen LogP) is 2.58. The summed E-state index contributed by atoms with van der Waals surface area (Å²) in [6, 6.07) is 0. The maximum atomic E-state index is 13.1. The van der Waals surface area contributed by atoms with Gasteiger partial charge >= 0.3 is 0 Å². The topological polar surface area (TPSA) is 83.2 Å². The van der Waals surface area contributed by atoms with E-state index < -0.39 is 18.4 Å². The molecule has 124 valence electrons. The highest BCUT2D eigenvalue weighted by Crippen LogP contribution is 2.42. The molecule has 23 heavy (non-hydrogen) atoms. The van der Waals surface area contributed by atoms with Gasteiger partial charge in [0.25, 0.3) is 0 Å². The van der Waals surface area contributed by atoms with Gasteiger partial charge in [-0.05, 0) is 39.5 Å². The Kier molecular flexibility index (Phi) is 3.15. The number of halogens is 1. The Balaban J connectivity index is 1.74. The van der Waals surface area contributed by atoms with Gasteiger partial charge in [0.2, 0.25) is 5.71 Å². The average Bonchev–Trinajstić information content (AvgIpc) is 3.40. The first-order chi connectivity index (χ1) is 11.0. The van der Waals surface area contributed by atoms with Crippen LogP contribution in [0.25, 0.3) is 11.1 Å². The number of alkyl halides is 1. The number of nitrogens with one attached hydrogen (secondary N) is 2. The molecule has 4 rings (SSSR count). The SMILES string of the molecule is Cc1oc2ncnc(NC3(C)CC3)c2c1C(O)NC1(CF)CC1. The van der Waals surface area contributed by atoms with Crippen LogP contribution in [0.1, 0.15) is 50.2 Å². The third-order valence-electron chi connectivity index (χ3n) is 4.96. The molecule has 2 saturated carbocycles. The fourth-order valence-electron chi connectivity index (χ4n) is 2.92. The van der Waals surface area contributed by atoms with E-state index >= 15 is 0 Å². The predicted molar refractivity (Wildman–Crippen MR) is 83.8 cm³/mol. The van der Waals surface area contributed by atoms with E-state index in [9.17, 15) is 9.50 Å². The summed E-state index contributed by atoms with van der Waals surface area (Å²) in [4.78, 5) is 8.48. The lowest BCUT2D eigenvalue weighted by Crippen LogP contribution is -2.36. The van der Waals surface area contributed by atoms with Gasteiger partial charge in [0, 0.05) is 16.6 Å². The second-order valence-electron chi connectivity index (χ2n) is 7.12. The monoisotopic (exact) mass is 320 g/mol. The number of hydrogen-bond acceptors (Lipinski definition) is 6. The molecule has 1 unspecified atom stereocenters. The molecule has 0 spiro atoms. The van der Waals surface area contributed by atoms with Crippen LogP contribution in [0.15, 0.2) is 10.7 Å². The van der Waals surface area contributed by atoms with E-state index in [0.717, 1.165) is 25.7 Å². The molecule has 2 aromatic rings. The fraction of sp³-hybridized carbons (Fsp3) is 0.625. The number of nitrogens with zero attached hydrogens (tertiary/aromatic N) is 2. The van der Waals surface area contributed by atoms with E-state index in [-0.39, 0.29) is 5.54 Å². The molecule has 6 nitrogen and oxygen atoms in total. The first-order valence-corrected chi connectivity index (χ1v) is 7.99. The normalized spacial score (nSPS) is 22.1. The van der Waals surface area contributed by atoms with E-state index in [1.165, 1.54) is 6.33 Å². The number of hydrogen-bond donors (Lipinski definition) is 3. The Labute approximate surface area is 133 Å². The highest BCUT2D eigenvalue weighted by atomic mass is 19.1. The van der Waals surface area contributed by atoms with Crippen molar-refractivity contribution in [3.05, 3.63) is 17.7 Å². The number of aliphatic hydroxyl groups excluding tert-OH is 1. The van der Waals surface area contributed by atoms with Crippen molar-refractivity contribution in [3.63, 3.8) is 0 Å². The molecule has 2 fully saturated rings. The fourth-order valence-corrected chi connectivity index (χ4v) is 2.92. The summed E-state index contributed by atoms with van der Waals surface area (Å²) in [6.07, 6.45) is 4.07. The quantitative estimate of drug-likeness (QED) is 0.710. The Morgan fingerprint density at radius 2 is 2.09 bits per heavy atom. The van der Waals surface area contributed by atoms with Gasteiger partial charge in [0.15, 0.2) is 0 Å². The highest BCUT2D eigenvalue weighted by molar-refractivity contribution is 5.90. The van der Waals surface area contributed by atoms with E-state index in [1.54, 1.807) is 6.92 Å². The Hall–Kier alpha value is -1.73. The van der Waals surface area contributed by atoms with Crippen molar-refractivity contribution in [1.82, 2.24) is 15.3 Å². The summed E-state index contributed by atoms with van der Waals surface area (Å²) < 4.78 is 18.8. The van der Waals surface area contributed by atoms with E-state index in [4.69, 9.17) is 4.42 Å². The Morgan fingerprint density at radius 1 is 1.35 bits per heavy atom. The molecular formula is C16H21FN4O2. The number of aromatic nitrogens is 2. The number of aryl methyl sites for hydroxylation is 1. The maximum Gasteiger partial charge on any atom is 0.231 e. The molecule has 2 aliphatic rings. The van der Waals surface area contributed by atoms with Gasteiger partial charge in [-0.3, -0.25) is 5.32 Å². The van der Waals surface area contributed by atoms with Crippen molar-refractivity contribution in [3.8, 4) is 0 Å². The van der Waals surface area contributed by atoms with Gasteiger partial charge in [-0.15, -0.1) is 0 Å². The van der Waals surface area contributed by atoms with E-state index in [0.29, 0.717) is 28.2 Å². The molecule has 0 radical (unpaired) electrons. The molecule has 0 saturated heterocycles. The highest BCUT2D eigenvalue weighted by Gasteiger charge is 2.45. The smallest absolute Gasteiger partial charge is 0.231 e. The minimum absolute atomic E-state index is 0.0404. The number of aliphatic hydroxyl groups is 1. The molecule has 1 atom stereocenters. The summed E-state index contributed by atoms with van der Waals surface area (Å²) in [5, 5.41) is 17.7. The summed E-state index contributed by atoms with van der Waals surface area (Å²) >= 11 is 0.